The molecule has 0 saturated carbocycles. The van der Waals surface area contributed by atoms with Crippen LogP contribution in [0.2, 0.25) is 0 Å². The highest BCUT2D eigenvalue weighted by Crippen LogP contribution is 2.14. The van der Waals surface area contributed by atoms with Crippen LogP contribution in [-0.2, 0) is 16.0 Å². The maximum Gasteiger partial charge on any atom is 0.321 e. The van der Waals surface area contributed by atoms with Gasteiger partial charge in [-0.2, -0.15) is 0 Å². The molecule has 0 aliphatic rings. The summed E-state index contributed by atoms with van der Waals surface area (Å²) in [7, 11) is 0. The van der Waals surface area contributed by atoms with Crippen LogP contribution in [0.3, 0.4) is 0 Å². The number of benzene rings is 1. The van der Waals surface area contributed by atoms with E-state index in [2.05, 4.69) is 5.32 Å². The van der Waals surface area contributed by atoms with Crippen molar-refractivity contribution >= 4 is 29.2 Å². The van der Waals surface area contributed by atoms with E-state index in [4.69, 9.17) is 16.7 Å². The Morgan fingerprint density at radius 2 is 2.19 bits per heavy atom. The quantitative estimate of drug-likeness (QED) is 0.791. The Balaban J connectivity index is 2.74. The van der Waals surface area contributed by atoms with E-state index in [1.807, 2.05) is 0 Å². The van der Waals surface area contributed by atoms with Gasteiger partial charge in [-0.05, 0) is 24.1 Å². The van der Waals surface area contributed by atoms with E-state index in [0.717, 1.165) is 5.56 Å². The van der Waals surface area contributed by atoms with Gasteiger partial charge in [0.2, 0.25) is 5.91 Å². The molecule has 0 spiro atoms. The first-order valence-electron chi connectivity index (χ1n) is 4.72. The summed E-state index contributed by atoms with van der Waals surface area (Å²) >= 11 is 5.62. The van der Waals surface area contributed by atoms with E-state index in [1.165, 1.54) is 6.92 Å². The summed E-state index contributed by atoms with van der Waals surface area (Å²) in [5, 5.41) is 10.3. The zero-order chi connectivity index (χ0) is 12.1. The molecule has 1 unspecified atom stereocenters. The smallest absolute Gasteiger partial charge is 0.321 e. The van der Waals surface area contributed by atoms with E-state index < -0.39 is 11.3 Å². The third-order valence-electron chi connectivity index (χ3n) is 1.93. The molecule has 0 aromatic heterocycles. The Kier molecular flexibility index (Phi) is 4.31. The van der Waals surface area contributed by atoms with Crippen LogP contribution < -0.4 is 5.32 Å². The molecular weight excluding hydrogens is 230 g/mol. The van der Waals surface area contributed by atoms with Gasteiger partial charge in [0.05, 0.1) is 0 Å². The first-order valence-corrected chi connectivity index (χ1v) is 5.16. The van der Waals surface area contributed by atoms with Crippen LogP contribution in [0.4, 0.5) is 5.69 Å². The molecule has 1 amide bonds. The molecule has 0 aliphatic carbocycles. The molecule has 1 aromatic rings. The highest BCUT2D eigenvalue weighted by atomic mass is 35.5. The lowest BCUT2D eigenvalue weighted by Crippen LogP contribution is -2.16. The number of rotatable bonds is 4. The predicted molar refractivity (Wildman–Crippen MR) is 61.7 cm³/mol. The molecule has 0 heterocycles. The third kappa shape index (κ3) is 3.90. The Morgan fingerprint density at radius 3 is 2.75 bits per heavy atom. The van der Waals surface area contributed by atoms with Gasteiger partial charge in [-0.3, -0.25) is 9.59 Å². The molecule has 0 saturated heterocycles. The number of alkyl halides is 1. The summed E-state index contributed by atoms with van der Waals surface area (Å²) in [5.74, 6) is -1.22. The van der Waals surface area contributed by atoms with E-state index in [9.17, 15) is 9.59 Å². The van der Waals surface area contributed by atoms with Crippen LogP contribution in [0, 0.1) is 0 Å². The van der Waals surface area contributed by atoms with E-state index >= 15 is 0 Å². The van der Waals surface area contributed by atoms with Gasteiger partial charge in [0.1, 0.15) is 5.38 Å². The number of carboxylic acids is 1. The average Bonchev–Trinajstić information content (AvgIpc) is 2.16. The van der Waals surface area contributed by atoms with Crippen LogP contribution in [0.25, 0.3) is 0 Å². The lowest BCUT2D eigenvalue weighted by Gasteiger charge is -2.07. The van der Waals surface area contributed by atoms with Crippen LogP contribution in [0.5, 0.6) is 0 Å². The highest BCUT2D eigenvalue weighted by Gasteiger charge is 2.14. The van der Waals surface area contributed by atoms with Crippen molar-refractivity contribution in [2.75, 3.05) is 5.32 Å². The summed E-state index contributed by atoms with van der Waals surface area (Å²) in [6.07, 6.45) is 0.227. The van der Waals surface area contributed by atoms with E-state index in [1.54, 1.807) is 24.3 Å². The van der Waals surface area contributed by atoms with Crippen molar-refractivity contribution < 1.29 is 14.7 Å². The van der Waals surface area contributed by atoms with Crippen molar-refractivity contribution in [3.8, 4) is 0 Å². The minimum atomic E-state index is -1.05. The number of carbonyl (C=O) groups excluding carboxylic acids is 1. The average molecular weight is 242 g/mol. The number of halogens is 1. The van der Waals surface area contributed by atoms with Crippen molar-refractivity contribution in [2.24, 2.45) is 0 Å². The van der Waals surface area contributed by atoms with Crippen LogP contribution in [-0.4, -0.2) is 22.4 Å². The Morgan fingerprint density at radius 1 is 1.50 bits per heavy atom. The molecule has 0 fully saturated rings. The first kappa shape index (κ1) is 12.5. The molecule has 16 heavy (non-hydrogen) atoms. The highest BCUT2D eigenvalue weighted by molar-refractivity contribution is 6.29. The van der Waals surface area contributed by atoms with Crippen molar-refractivity contribution in [2.45, 2.75) is 18.7 Å². The Bertz CT molecular complexity index is 406. The van der Waals surface area contributed by atoms with Crippen molar-refractivity contribution in [3.05, 3.63) is 29.8 Å². The minimum absolute atomic E-state index is 0.169. The van der Waals surface area contributed by atoms with Crippen LogP contribution >= 0.6 is 11.6 Å². The fourth-order valence-corrected chi connectivity index (χ4v) is 1.45. The lowest BCUT2D eigenvalue weighted by molar-refractivity contribution is -0.136. The largest absolute Gasteiger partial charge is 0.480 e. The van der Waals surface area contributed by atoms with Crippen molar-refractivity contribution in [1.82, 2.24) is 0 Å². The normalized spacial score (nSPS) is 11.9. The summed E-state index contributed by atoms with van der Waals surface area (Å²) in [6.45, 7) is 1.41. The van der Waals surface area contributed by atoms with Gasteiger partial charge in [-0.1, -0.05) is 12.1 Å². The van der Waals surface area contributed by atoms with Gasteiger partial charge in [0.25, 0.3) is 0 Å². The number of amides is 1. The number of nitrogens with one attached hydrogen (secondary N) is 1. The van der Waals surface area contributed by atoms with Gasteiger partial charge >= 0.3 is 5.97 Å². The zero-order valence-corrected chi connectivity index (χ0v) is 9.49. The van der Waals surface area contributed by atoms with Crippen LogP contribution in [0.15, 0.2) is 24.3 Å². The number of carboxylic acid groups (broad SMARTS) is 1. The number of anilines is 1. The SMILES string of the molecule is CC(=O)Nc1cccc(CC(Cl)C(=O)O)c1. The lowest BCUT2D eigenvalue weighted by atomic mass is 10.1. The van der Waals surface area contributed by atoms with Gasteiger partial charge < -0.3 is 10.4 Å². The molecule has 1 atom stereocenters. The zero-order valence-electron chi connectivity index (χ0n) is 8.74. The molecule has 4 nitrogen and oxygen atoms in total. The third-order valence-corrected chi connectivity index (χ3v) is 2.27. The van der Waals surface area contributed by atoms with Gasteiger partial charge in [-0.15, -0.1) is 11.6 Å². The fraction of sp³-hybridized carbons (Fsp3) is 0.273. The Hall–Kier alpha value is -1.55. The molecule has 86 valence electrons. The number of aliphatic carboxylic acids is 1. The molecule has 2 N–H and O–H groups in total. The summed E-state index contributed by atoms with van der Waals surface area (Å²) in [6, 6.07) is 6.95. The summed E-state index contributed by atoms with van der Waals surface area (Å²) in [4.78, 5) is 21.4. The predicted octanol–water partition coefficient (Wildman–Crippen LogP) is 1.88. The van der Waals surface area contributed by atoms with Crippen molar-refractivity contribution in [3.63, 3.8) is 0 Å². The fourth-order valence-electron chi connectivity index (χ4n) is 1.27. The number of carbonyl (C=O) groups is 2. The van der Waals surface area contributed by atoms with Crippen LogP contribution in [0.1, 0.15) is 12.5 Å². The summed E-state index contributed by atoms with van der Waals surface area (Å²) < 4.78 is 0. The molecular formula is C11H12ClNO3. The molecule has 1 aromatic carbocycles. The van der Waals surface area contributed by atoms with Crippen molar-refractivity contribution in [1.29, 1.82) is 0 Å². The monoisotopic (exact) mass is 241 g/mol. The second-order valence-electron chi connectivity index (χ2n) is 3.39. The van der Waals surface area contributed by atoms with Gasteiger partial charge in [-0.25, -0.2) is 0 Å². The summed E-state index contributed by atoms with van der Waals surface area (Å²) in [5.41, 5.74) is 1.41. The van der Waals surface area contributed by atoms with Gasteiger partial charge in [0, 0.05) is 12.6 Å². The maximum atomic E-state index is 10.8. The minimum Gasteiger partial charge on any atom is -0.480 e. The number of hydrogen-bond acceptors (Lipinski definition) is 2. The van der Waals surface area contributed by atoms with Gasteiger partial charge in [0.15, 0.2) is 0 Å². The second-order valence-corrected chi connectivity index (χ2v) is 3.92. The number of hydrogen-bond donors (Lipinski definition) is 2. The molecule has 1 rings (SSSR count). The second kappa shape index (κ2) is 5.51. The first-order chi connectivity index (χ1) is 7.49. The Labute approximate surface area is 98.2 Å². The molecule has 5 heteroatoms. The molecule has 0 aliphatic heterocycles. The standard InChI is InChI=1S/C11H12ClNO3/c1-7(14)13-9-4-2-3-8(5-9)6-10(12)11(15)16/h2-5,10H,6H2,1H3,(H,13,14)(H,15,16). The van der Waals surface area contributed by atoms with E-state index in [0.29, 0.717) is 5.69 Å². The topological polar surface area (TPSA) is 66.4 Å². The van der Waals surface area contributed by atoms with E-state index in [-0.39, 0.29) is 12.3 Å². The maximum absolute atomic E-state index is 10.8. The molecule has 0 bridgehead atoms. The molecule has 0 radical (unpaired) electrons.